The topological polar surface area (TPSA) is 92.8 Å². The molecule has 0 aliphatic carbocycles. The summed E-state index contributed by atoms with van der Waals surface area (Å²) in [6.07, 6.45) is -9.06. The molecule has 0 bridgehead atoms. The summed E-state index contributed by atoms with van der Waals surface area (Å²) in [6, 6.07) is 1.83. The molecule has 106 valence electrons. The van der Waals surface area contributed by atoms with Gasteiger partial charge in [0.05, 0.1) is 0 Å². The van der Waals surface area contributed by atoms with Crippen molar-refractivity contribution in [3.63, 3.8) is 0 Å². The van der Waals surface area contributed by atoms with Crippen LogP contribution in [0.4, 0.5) is 17.6 Å². The fraction of sp³-hybridized carbons (Fsp3) is 0.300. The number of ether oxygens (including phenoxy) is 1. The number of hydrogen-bond acceptors (Lipinski definition) is 4. The first-order chi connectivity index (χ1) is 8.61. The smallest absolute Gasteiger partial charge is 0.406 e. The molecule has 19 heavy (non-hydrogen) atoms. The maximum Gasteiger partial charge on any atom is 0.573 e. The van der Waals surface area contributed by atoms with Gasteiger partial charge in [-0.3, -0.25) is 4.79 Å². The van der Waals surface area contributed by atoms with E-state index in [2.05, 4.69) is 4.74 Å². The summed E-state index contributed by atoms with van der Waals surface area (Å²) < 4.78 is 52.5. The van der Waals surface area contributed by atoms with Crippen molar-refractivity contribution in [1.82, 2.24) is 0 Å². The van der Waals surface area contributed by atoms with E-state index in [4.69, 9.17) is 10.8 Å². The third-order valence-corrected chi connectivity index (χ3v) is 2.11. The highest BCUT2D eigenvalue weighted by Crippen LogP contribution is 2.27. The van der Waals surface area contributed by atoms with E-state index in [0.29, 0.717) is 6.07 Å². The third-order valence-electron chi connectivity index (χ3n) is 2.11. The Balaban J connectivity index is 2.97. The molecule has 0 saturated heterocycles. The van der Waals surface area contributed by atoms with Crippen LogP contribution in [0, 0.1) is 5.82 Å². The molecule has 1 aromatic rings. The van der Waals surface area contributed by atoms with Gasteiger partial charge in [0.1, 0.15) is 17.7 Å². The highest BCUT2D eigenvalue weighted by molar-refractivity contribution is 5.79. The van der Waals surface area contributed by atoms with E-state index in [1.54, 1.807) is 0 Å². The van der Waals surface area contributed by atoms with Crippen LogP contribution in [0.2, 0.25) is 0 Å². The van der Waals surface area contributed by atoms with Gasteiger partial charge < -0.3 is 20.7 Å². The Morgan fingerprint density at radius 1 is 1.32 bits per heavy atom. The van der Waals surface area contributed by atoms with Crippen LogP contribution in [-0.4, -0.2) is 28.6 Å². The maximum absolute atomic E-state index is 13.4. The average Bonchev–Trinajstić information content (AvgIpc) is 2.25. The predicted octanol–water partition coefficient (Wildman–Crippen LogP) is 0.604. The molecule has 1 rings (SSSR count). The summed E-state index contributed by atoms with van der Waals surface area (Å²) >= 11 is 0. The summed E-state index contributed by atoms with van der Waals surface area (Å²) in [4.78, 5) is 10.6. The number of benzene rings is 1. The number of hydrogen-bond donors (Lipinski definition) is 3. The zero-order valence-electron chi connectivity index (χ0n) is 9.19. The van der Waals surface area contributed by atoms with Gasteiger partial charge in [-0.1, -0.05) is 0 Å². The first-order valence-electron chi connectivity index (χ1n) is 4.82. The molecule has 4 N–H and O–H groups in total. The molecule has 2 unspecified atom stereocenters. The Morgan fingerprint density at radius 3 is 2.32 bits per heavy atom. The number of aliphatic hydroxyl groups is 2. The number of primary amides is 1. The standard InChI is InChI=1S/C10H9F4NO4/c11-6-3-4(19-10(12,13)14)1-2-5(6)7(16)8(17)9(15)18/h1-3,7-8,16-17H,(H2,15,18). The van der Waals surface area contributed by atoms with E-state index in [1.807, 2.05) is 0 Å². The number of carbonyl (C=O) groups excluding carboxylic acids is 1. The van der Waals surface area contributed by atoms with Crippen molar-refractivity contribution in [2.75, 3.05) is 0 Å². The van der Waals surface area contributed by atoms with Gasteiger partial charge in [0.15, 0.2) is 6.10 Å². The number of carbonyl (C=O) groups is 1. The maximum atomic E-state index is 13.4. The molecule has 5 nitrogen and oxygen atoms in total. The van der Waals surface area contributed by atoms with Crippen LogP contribution >= 0.6 is 0 Å². The minimum Gasteiger partial charge on any atom is -0.406 e. The van der Waals surface area contributed by atoms with Gasteiger partial charge in [-0.05, 0) is 12.1 Å². The molecule has 0 saturated carbocycles. The van der Waals surface area contributed by atoms with E-state index in [1.165, 1.54) is 0 Å². The molecule has 0 heterocycles. The molecule has 0 aliphatic heterocycles. The molecule has 0 aliphatic rings. The molecule has 0 fully saturated rings. The number of nitrogens with two attached hydrogens (primary N) is 1. The minimum absolute atomic E-state index is 0.361. The highest BCUT2D eigenvalue weighted by atomic mass is 19.4. The van der Waals surface area contributed by atoms with Crippen molar-refractivity contribution in [3.05, 3.63) is 29.6 Å². The third kappa shape index (κ3) is 4.07. The highest BCUT2D eigenvalue weighted by Gasteiger charge is 2.32. The van der Waals surface area contributed by atoms with Crippen LogP contribution < -0.4 is 10.5 Å². The monoisotopic (exact) mass is 283 g/mol. The summed E-state index contributed by atoms with van der Waals surface area (Å²) in [5.74, 6) is -3.42. The second kappa shape index (κ2) is 5.41. The fourth-order valence-electron chi connectivity index (χ4n) is 1.27. The molecule has 9 heteroatoms. The Labute approximate surface area is 104 Å². The van der Waals surface area contributed by atoms with E-state index in [9.17, 15) is 27.5 Å². The largest absolute Gasteiger partial charge is 0.573 e. The summed E-state index contributed by atoms with van der Waals surface area (Å²) in [7, 11) is 0. The molecule has 0 spiro atoms. The van der Waals surface area contributed by atoms with Crippen molar-refractivity contribution >= 4 is 5.91 Å². The zero-order valence-corrected chi connectivity index (χ0v) is 9.19. The van der Waals surface area contributed by atoms with Crippen LogP contribution in [0.3, 0.4) is 0 Å². The second-order valence-electron chi connectivity index (χ2n) is 3.52. The number of aliphatic hydroxyl groups excluding tert-OH is 2. The van der Waals surface area contributed by atoms with Crippen LogP contribution in [0.15, 0.2) is 18.2 Å². The van der Waals surface area contributed by atoms with Crippen molar-refractivity contribution in [2.24, 2.45) is 5.73 Å². The van der Waals surface area contributed by atoms with Gasteiger partial charge in [-0.15, -0.1) is 13.2 Å². The molecule has 2 atom stereocenters. The van der Waals surface area contributed by atoms with Gasteiger partial charge in [-0.25, -0.2) is 4.39 Å². The van der Waals surface area contributed by atoms with Crippen LogP contribution in [0.25, 0.3) is 0 Å². The molecular weight excluding hydrogens is 274 g/mol. The fourth-order valence-corrected chi connectivity index (χ4v) is 1.27. The lowest BCUT2D eigenvalue weighted by molar-refractivity contribution is -0.274. The van der Waals surface area contributed by atoms with Crippen molar-refractivity contribution in [3.8, 4) is 5.75 Å². The Kier molecular flexibility index (Phi) is 4.32. The van der Waals surface area contributed by atoms with E-state index < -0.39 is 41.6 Å². The molecule has 0 aromatic heterocycles. The van der Waals surface area contributed by atoms with Gasteiger partial charge in [0, 0.05) is 11.6 Å². The molecule has 1 amide bonds. The quantitative estimate of drug-likeness (QED) is 0.706. The van der Waals surface area contributed by atoms with Gasteiger partial charge in [-0.2, -0.15) is 0 Å². The summed E-state index contributed by atoms with van der Waals surface area (Å²) in [6.45, 7) is 0. The van der Waals surface area contributed by atoms with Crippen LogP contribution in [-0.2, 0) is 4.79 Å². The Morgan fingerprint density at radius 2 is 1.89 bits per heavy atom. The number of amides is 1. The van der Waals surface area contributed by atoms with Gasteiger partial charge >= 0.3 is 6.36 Å². The SMILES string of the molecule is NC(=O)C(O)C(O)c1ccc(OC(F)(F)F)cc1F. The second-order valence-corrected chi connectivity index (χ2v) is 3.52. The first kappa shape index (κ1) is 15.2. The normalized spacial score (nSPS) is 14.8. The lowest BCUT2D eigenvalue weighted by Crippen LogP contribution is -2.34. The minimum atomic E-state index is -4.99. The van der Waals surface area contributed by atoms with E-state index >= 15 is 0 Å². The Hall–Kier alpha value is -1.87. The average molecular weight is 283 g/mol. The van der Waals surface area contributed by atoms with Crippen LogP contribution in [0.5, 0.6) is 5.75 Å². The van der Waals surface area contributed by atoms with E-state index in [0.717, 1.165) is 12.1 Å². The van der Waals surface area contributed by atoms with Gasteiger partial charge in [0.25, 0.3) is 0 Å². The summed E-state index contributed by atoms with van der Waals surface area (Å²) in [5, 5.41) is 18.5. The molecular formula is C10H9F4NO4. The Bertz CT molecular complexity index is 477. The molecule has 1 aromatic carbocycles. The van der Waals surface area contributed by atoms with Crippen LogP contribution in [0.1, 0.15) is 11.7 Å². The number of halogens is 4. The lowest BCUT2D eigenvalue weighted by Gasteiger charge is -2.16. The number of rotatable bonds is 4. The zero-order chi connectivity index (χ0) is 14.8. The lowest BCUT2D eigenvalue weighted by atomic mass is 10.0. The molecule has 0 radical (unpaired) electrons. The van der Waals surface area contributed by atoms with Crippen molar-refractivity contribution in [2.45, 2.75) is 18.6 Å². The van der Waals surface area contributed by atoms with Crippen molar-refractivity contribution in [1.29, 1.82) is 0 Å². The van der Waals surface area contributed by atoms with Gasteiger partial charge in [0.2, 0.25) is 5.91 Å². The number of alkyl halides is 3. The van der Waals surface area contributed by atoms with Crippen molar-refractivity contribution < 1.29 is 37.3 Å². The predicted molar refractivity (Wildman–Crippen MR) is 53.2 cm³/mol. The first-order valence-corrected chi connectivity index (χ1v) is 4.82. The van der Waals surface area contributed by atoms with E-state index in [-0.39, 0.29) is 0 Å². The summed E-state index contributed by atoms with van der Waals surface area (Å²) in [5.41, 5.74) is 4.11.